The van der Waals surface area contributed by atoms with Crippen molar-refractivity contribution in [1.82, 2.24) is 0 Å². The molecule has 0 atom stereocenters. The third kappa shape index (κ3) is 4.39. The summed E-state index contributed by atoms with van der Waals surface area (Å²) in [5.41, 5.74) is -1.63. The Bertz CT molecular complexity index is 519. The van der Waals surface area contributed by atoms with Crippen LogP contribution in [0.15, 0.2) is 0 Å². The molecule has 1 N–H and O–H groups in total. The van der Waals surface area contributed by atoms with E-state index < -0.39 is 40.8 Å². The molecule has 2 rings (SSSR count). The van der Waals surface area contributed by atoms with Crippen LogP contribution >= 0.6 is 0 Å². The highest BCUT2D eigenvalue weighted by molar-refractivity contribution is 5.50. The summed E-state index contributed by atoms with van der Waals surface area (Å²) in [6.07, 6.45) is 4.57. The number of anilines is 1. The molecular weight excluding hydrogens is 326 g/mol. The summed E-state index contributed by atoms with van der Waals surface area (Å²) in [5.74, 6) is -5.86. The Kier molecular flexibility index (Phi) is 7.30. The van der Waals surface area contributed by atoms with E-state index in [0.717, 1.165) is 32.1 Å². The summed E-state index contributed by atoms with van der Waals surface area (Å²) in [6.45, 7) is 2.59. The van der Waals surface area contributed by atoms with Gasteiger partial charge in [-0.15, -0.1) is 0 Å². The number of rotatable bonds is 9. The van der Waals surface area contributed by atoms with Crippen LogP contribution in [0, 0.1) is 23.3 Å². The smallest absolute Gasteiger partial charge is 0.189 e. The van der Waals surface area contributed by atoms with Gasteiger partial charge in [-0.25, -0.2) is 17.6 Å². The maximum atomic E-state index is 14.1. The first-order valence-corrected chi connectivity index (χ1v) is 8.40. The Labute approximate surface area is 139 Å². The highest BCUT2D eigenvalue weighted by Gasteiger charge is 2.32. The summed E-state index contributed by atoms with van der Waals surface area (Å²) >= 11 is 0. The highest BCUT2D eigenvalue weighted by Crippen LogP contribution is 2.35. The van der Waals surface area contributed by atoms with Gasteiger partial charge in [0.05, 0.1) is 18.8 Å². The van der Waals surface area contributed by atoms with Gasteiger partial charge in [0.1, 0.15) is 5.69 Å². The van der Waals surface area contributed by atoms with Crippen molar-refractivity contribution in [1.29, 1.82) is 0 Å². The molecule has 1 saturated heterocycles. The van der Waals surface area contributed by atoms with Crippen LogP contribution in [0.3, 0.4) is 0 Å². The molecule has 24 heavy (non-hydrogen) atoms. The second-order valence-corrected chi connectivity index (χ2v) is 5.81. The van der Waals surface area contributed by atoms with Crippen LogP contribution < -0.4 is 5.32 Å². The maximum Gasteiger partial charge on any atom is 0.189 e. The van der Waals surface area contributed by atoms with Crippen molar-refractivity contribution in [3.8, 4) is 0 Å². The van der Waals surface area contributed by atoms with Gasteiger partial charge >= 0.3 is 0 Å². The number of ether oxygens (including phenoxy) is 2. The van der Waals surface area contributed by atoms with E-state index in [1.54, 1.807) is 0 Å². The molecule has 1 aliphatic rings. The lowest BCUT2D eigenvalue weighted by Gasteiger charge is -2.16. The molecule has 1 aromatic rings. The van der Waals surface area contributed by atoms with Crippen molar-refractivity contribution >= 4 is 5.69 Å². The van der Waals surface area contributed by atoms with Gasteiger partial charge in [0, 0.05) is 6.54 Å². The fraction of sp³-hybridized carbons (Fsp3) is 0.647. The number of hydrogen-bond donors (Lipinski definition) is 1. The molecule has 0 spiro atoms. The summed E-state index contributed by atoms with van der Waals surface area (Å²) < 4.78 is 66.2. The van der Waals surface area contributed by atoms with Crippen molar-refractivity contribution in [2.75, 3.05) is 25.1 Å². The molecule has 0 unspecified atom stereocenters. The van der Waals surface area contributed by atoms with Crippen LogP contribution in [0.5, 0.6) is 0 Å². The Morgan fingerprint density at radius 1 is 0.833 bits per heavy atom. The van der Waals surface area contributed by atoms with Crippen LogP contribution in [-0.4, -0.2) is 19.8 Å². The van der Waals surface area contributed by atoms with E-state index >= 15 is 0 Å². The molecule has 1 fully saturated rings. The fourth-order valence-corrected chi connectivity index (χ4v) is 2.65. The zero-order chi connectivity index (χ0) is 17.5. The minimum absolute atomic E-state index is 0.116. The normalized spacial score (nSPS) is 15.2. The quantitative estimate of drug-likeness (QED) is 0.384. The van der Waals surface area contributed by atoms with Crippen molar-refractivity contribution < 1.29 is 27.0 Å². The van der Waals surface area contributed by atoms with E-state index in [9.17, 15) is 17.6 Å². The summed E-state index contributed by atoms with van der Waals surface area (Å²) in [4.78, 5) is 0. The topological polar surface area (TPSA) is 30.5 Å². The Hall–Kier alpha value is -1.34. The van der Waals surface area contributed by atoms with E-state index in [2.05, 4.69) is 12.2 Å². The molecule has 1 heterocycles. The average molecular weight is 349 g/mol. The lowest BCUT2D eigenvalue weighted by atomic mass is 10.1. The van der Waals surface area contributed by atoms with Crippen molar-refractivity contribution in [3.05, 3.63) is 28.8 Å². The Balaban J connectivity index is 2.00. The summed E-state index contributed by atoms with van der Waals surface area (Å²) in [6, 6.07) is 0. The molecule has 0 amide bonds. The van der Waals surface area contributed by atoms with Crippen molar-refractivity contribution in [2.24, 2.45) is 0 Å². The third-order valence-electron chi connectivity index (χ3n) is 3.99. The van der Waals surface area contributed by atoms with Crippen LogP contribution in [-0.2, 0) is 9.47 Å². The van der Waals surface area contributed by atoms with Crippen LogP contribution in [0.1, 0.15) is 57.3 Å². The minimum atomic E-state index is -1.48. The van der Waals surface area contributed by atoms with Gasteiger partial charge in [-0.2, -0.15) is 0 Å². The van der Waals surface area contributed by atoms with Crippen LogP contribution in [0.4, 0.5) is 23.2 Å². The van der Waals surface area contributed by atoms with E-state index in [4.69, 9.17) is 9.47 Å². The van der Waals surface area contributed by atoms with Gasteiger partial charge in [-0.05, 0) is 6.42 Å². The Morgan fingerprint density at radius 3 is 1.96 bits per heavy atom. The van der Waals surface area contributed by atoms with Gasteiger partial charge in [0.15, 0.2) is 29.6 Å². The third-order valence-corrected chi connectivity index (χ3v) is 3.99. The molecule has 0 saturated carbocycles. The number of unbranched alkanes of at least 4 members (excludes halogenated alkanes) is 5. The van der Waals surface area contributed by atoms with Gasteiger partial charge in [-0.3, -0.25) is 0 Å². The Morgan fingerprint density at radius 2 is 1.38 bits per heavy atom. The molecule has 0 aromatic heterocycles. The van der Waals surface area contributed by atoms with E-state index in [0.29, 0.717) is 6.42 Å². The molecule has 0 radical (unpaired) electrons. The molecule has 1 aliphatic heterocycles. The molecule has 136 valence electrons. The summed E-state index contributed by atoms with van der Waals surface area (Å²) in [7, 11) is 0. The first kappa shape index (κ1) is 19.0. The van der Waals surface area contributed by atoms with Gasteiger partial charge in [0.25, 0.3) is 0 Å². The van der Waals surface area contributed by atoms with Gasteiger partial charge in [0.2, 0.25) is 0 Å². The zero-order valence-electron chi connectivity index (χ0n) is 13.8. The van der Waals surface area contributed by atoms with E-state index in [1.807, 2.05) is 0 Å². The molecular formula is C17H23F4NO2. The van der Waals surface area contributed by atoms with Crippen LogP contribution in [0.25, 0.3) is 0 Å². The average Bonchev–Trinajstić information content (AvgIpc) is 3.09. The van der Waals surface area contributed by atoms with Crippen LogP contribution in [0.2, 0.25) is 0 Å². The lowest BCUT2D eigenvalue weighted by molar-refractivity contribution is -0.0497. The van der Waals surface area contributed by atoms with Crippen molar-refractivity contribution in [2.45, 2.75) is 51.7 Å². The number of benzene rings is 1. The number of nitrogens with one attached hydrogen (secondary N) is 1. The molecule has 0 aliphatic carbocycles. The predicted molar refractivity (Wildman–Crippen MR) is 82.8 cm³/mol. The fourth-order valence-electron chi connectivity index (χ4n) is 2.65. The standard InChI is InChI=1S/C17H23F4NO2/c1-2-3-4-5-6-7-8-22-16-14(20)12(18)11(13(19)15(16)21)17-23-9-10-24-17/h17,22H,2-10H2,1H3. The number of hydrogen-bond acceptors (Lipinski definition) is 3. The molecule has 0 bridgehead atoms. The van der Waals surface area contributed by atoms with Gasteiger partial charge in [-0.1, -0.05) is 39.0 Å². The monoisotopic (exact) mass is 349 g/mol. The predicted octanol–water partition coefficient (Wildman–Crippen LogP) is 5.06. The SMILES string of the molecule is CCCCCCCCNc1c(F)c(F)c(C2OCCO2)c(F)c1F. The molecule has 7 heteroatoms. The maximum absolute atomic E-state index is 14.1. The number of halogens is 4. The molecule has 1 aromatic carbocycles. The second-order valence-electron chi connectivity index (χ2n) is 5.81. The zero-order valence-corrected chi connectivity index (χ0v) is 13.8. The second kappa shape index (κ2) is 9.22. The first-order chi connectivity index (χ1) is 11.6. The largest absolute Gasteiger partial charge is 0.380 e. The molecule has 3 nitrogen and oxygen atoms in total. The van der Waals surface area contributed by atoms with Gasteiger partial charge < -0.3 is 14.8 Å². The summed E-state index contributed by atoms with van der Waals surface area (Å²) in [5, 5.41) is 2.46. The first-order valence-electron chi connectivity index (χ1n) is 8.40. The van der Waals surface area contributed by atoms with E-state index in [1.165, 1.54) is 0 Å². The van der Waals surface area contributed by atoms with E-state index in [-0.39, 0.29) is 19.8 Å². The minimum Gasteiger partial charge on any atom is -0.380 e. The highest BCUT2D eigenvalue weighted by atomic mass is 19.2. The lowest BCUT2D eigenvalue weighted by Crippen LogP contribution is -2.14. The van der Waals surface area contributed by atoms with Crippen molar-refractivity contribution in [3.63, 3.8) is 0 Å².